The van der Waals surface area contributed by atoms with Gasteiger partial charge in [0.25, 0.3) is 5.91 Å². The third-order valence-corrected chi connectivity index (χ3v) is 2.02. The fourth-order valence-electron chi connectivity index (χ4n) is 1.18. The molecule has 0 atom stereocenters. The second kappa shape index (κ2) is 7.67. The number of amides is 1. The summed E-state index contributed by atoms with van der Waals surface area (Å²) in [6.45, 7) is 7.51. The molecule has 1 rings (SSSR count). The number of carbonyl (C=O) groups excluding carboxylic acids is 2. The van der Waals surface area contributed by atoms with Crippen LogP contribution >= 0.6 is 0 Å². The van der Waals surface area contributed by atoms with Crippen molar-refractivity contribution in [2.45, 2.75) is 20.3 Å². The summed E-state index contributed by atoms with van der Waals surface area (Å²) >= 11 is 0. The maximum absolute atomic E-state index is 11.8. The molecule has 0 spiro atoms. The standard InChI is InChI=1S/C11H9N3O2.C3H8/c1-6(11(14)16)10(15)9-7(5-12)3-2-4-8(9)13;1-3-2/h2-4H,1,13H2,(H2,14,16);3H2,1-2H3. The molecule has 5 nitrogen and oxygen atoms in total. The van der Waals surface area contributed by atoms with E-state index in [4.69, 9.17) is 16.7 Å². The lowest BCUT2D eigenvalue weighted by molar-refractivity contribution is -0.114. The highest BCUT2D eigenvalue weighted by Crippen LogP contribution is 2.19. The lowest BCUT2D eigenvalue weighted by atomic mass is 9.98. The summed E-state index contributed by atoms with van der Waals surface area (Å²) in [5.41, 5.74) is 10.3. The quantitative estimate of drug-likeness (QED) is 0.283. The van der Waals surface area contributed by atoms with Gasteiger partial charge in [-0.2, -0.15) is 5.26 Å². The highest BCUT2D eigenvalue weighted by Gasteiger charge is 2.20. The van der Waals surface area contributed by atoms with Crippen molar-refractivity contribution in [3.8, 4) is 6.07 Å². The third kappa shape index (κ3) is 4.28. The van der Waals surface area contributed by atoms with E-state index in [9.17, 15) is 9.59 Å². The van der Waals surface area contributed by atoms with Gasteiger partial charge in [0.1, 0.15) is 0 Å². The summed E-state index contributed by atoms with van der Waals surface area (Å²) in [6, 6.07) is 6.25. The number of nitrogens with two attached hydrogens (primary N) is 2. The first-order valence-corrected chi connectivity index (χ1v) is 5.72. The number of hydrogen-bond donors (Lipinski definition) is 2. The molecule has 1 amide bonds. The fourth-order valence-corrected chi connectivity index (χ4v) is 1.18. The number of hydrogen-bond acceptors (Lipinski definition) is 4. The van der Waals surface area contributed by atoms with Gasteiger partial charge in [0.2, 0.25) is 5.78 Å². The van der Waals surface area contributed by atoms with Crippen molar-refractivity contribution in [2.75, 3.05) is 5.73 Å². The Morgan fingerprint density at radius 3 is 2.32 bits per heavy atom. The molecule has 0 aliphatic heterocycles. The zero-order chi connectivity index (χ0) is 15.0. The Labute approximate surface area is 112 Å². The first kappa shape index (κ1) is 16.4. The van der Waals surface area contributed by atoms with Gasteiger partial charge >= 0.3 is 0 Å². The van der Waals surface area contributed by atoms with Crippen LogP contribution in [0.5, 0.6) is 0 Å². The maximum atomic E-state index is 11.8. The molecule has 0 saturated carbocycles. The molecule has 0 unspecified atom stereocenters. The molecular formula is C14H17N3O2. The van der Waals surface area contributed by atoms with Crippen LogP contribution in [0.2, 0.25) is 0 Å². The molecule has 100 valence electrons. The van der Waals surface area contributed by atoms with Crippen molar-refractivity contribution in [1.82, 2.24) is 0 Å². The van der Waals surface area contributed by atoms with Crippen LogP contribution in [-0.4, -0.2) is 11.7 Å². The molecule has 0 saturated heterocycles. The van der Waals surface area contributed by atoms with Gasteiger partial charge in [-0.25, -0.2) is 0 Å². The number of rotatable bonds is 3. The number of benzene rings is 1. The monoisotopic (exact) mass is 259 g/mol. The Morgan fingerprint density at radius 1 is 1.37 bits per heavy atom. The minimum absolute atomic E-state index is 0.0335. The summed E-state index contributed by atoms with van der Waals surface area (Å²) in [7, 11) is 0. The topological polar surface area (TPSA) is 110 Å². The molecule has 0 aliphatic rings. The molecular weight excluding hydrogens is 242 g/mol. The maximum Gasteiger partial charge on any atom is 0.252 e. The van der Waals surface area contributed by atoms with Gasteiger partial charge in [0.05, 0.1) is 22.8 Å². The van der Waals surface area contributed by atoms with Gasteiger partial charge in [0, 0.05) is 5.69 Å². The number of nitrogens with zero attached hydrogens (tertiary/aromatic N) is 1. The van der Waals surface area contributed by atoms with E-state index < -0.39 is 17.3 Å². The van der Waals surface area contributed by atoms with Crippen molar-refractivity contribution in [2.24, 2.45) is 5.73 Å². The summed E-state index contributed by atoms with van der Waals surface area (Å²) < 4.78 is 0. The van der Waals surface area contributed by atoms with Gasteiger partial charge in [-0.15, -0.1) is 0 Å². The molecule has 19 heavy (non-hydrogen) atoms. The second-order valence-electron chi connectivity index (χ2n) is 3.76. The average Bonchev–Trinajstić information content (AvgIpc) is 2.37. The van der Waals surface area contributed by atoms with Crippen LogP contribution in [0.25, 0.3) is 0 Å². The number of carbonyl (C=O) groups is 2. The van der Waals surface area contributed by atoms with Crippen molar-refractivity contribution >= 4 is 17.4 Å². The van der Waals surface area contributed by atoms with Crippen LogP contribution in [0.4, 0.5) is 5.69 Å². The van der Waals surface area contributed by atoms with Crippen molar-refractivity contribution < 1.29 is 9.59 Å². The highest BCUT2D eigenvalue weighted by molar-refractivity contribution is 6.26. The number of primary amides is 1. The van der Waals surface area contributed by atoms with Gasteiger partial charge in [-0.05, 0) is 12.1 Å². The minimum atomic E-state index is -0.933. The van der Waals surface area contributed by atoms with Crippen LogP contribution in [0.1, 0.15) is 36.2 Å². The largest absolute Gasteiger partial charge is 0.398 e. The van der Waals surface area contributed by atoms with Crippen LogP contribution in [0.3, 0.4) is 0 Å². The Bertz CT molecular complexity index is 542. The van der Waals surface area contributed by atoms with E-state index >= 15 is 0 Å². The highest BCUT2D eigenvalue weighted by atomic mass is 16.2. The molecule has 1 aromatic carbocycles. The number of Topliss-reactive ketones (excluding diaryl/α,β-unsaturated/α-hetero) is 1. The van der Waals surface area contributed by atoms with Crippen LogP contribution in [0.15, 0.2) is 30.4 Å². The zero-order valence-electron chi connectivity index (χ0n) is 11.1. The van der Waals surface area contributed by atoms with Gasteiger partial charge < -0.3 is 11.5 Å². The zero-order valence-corrected chi connectivity index (χ0v) is 11.1. The summed E-state index contributed by atoms with van der Waals surface area (Å²) in [4.78, 5) is 22.6. The molecule has 0 radical (unpaired) electrons. The predicted octanol–water partition coefficient (Wildman–Crippen LogP) is 1.78. The number of nitriles is 1. The average molecular weight is 259 g/mol. The Balaban J connectivity index is 0.000000982. The minimum Gasteiger partial charge on any atom is -0.398 e. The smallest absolute Gasteiger partial charge is 0.252 e. The first-order chi connectivity index (χ1) is 8.90. The van der Waals surface area contributed by atoms with Gasteiger partial charge in [0.15, 0.2) is 0 Å². The Kier molecular flexibility index (Phi) is 6.61. The predicted molar refractivity (Wildman–Crippen MR) is 74.2 cm³/mol. The number of anilines is 1. The first-order valence-electron chi connectivity index (χ1n) is 5.72. The number of nitrogen functional groups attached to an aromatic ring is 1. The molecule has 0 aromatic heterocycles. The second-order valence-corrected chi connectivity index (χ2v) is 3.76. The SMILES string of the molecule is C=C(C(N)=O)C(=O)c1c(N)cccc1C#N.CCC. The van der Waals surface area contributed by atoms with E-state index in [0.29, 0.717) is 0 Å². The molecule has 1 aromatic rings. The molecule has 0 heterocycles. The Hall–Kier alpha value is -2.61. The lowest BCUT2D eigenvalue weighted by Gasteiger charge is -2.06. The Morgan fingerprint density at radius 2 is 1.89 bits per heavy atom. The van der Waals surface area contributed by atoms with E-state index in [-0.39, 0.29) is 16.8 Å². The van der Waals surface area contributed by atoms with Crippen LogP contribution in [0, 0.1) is 11.3 Å². The van der Waals surface area contributed by atoms with Gasteiger partial charge in [-0.1, -0.05) is 32.9 Å². The normalized spacial score (nSPS) is 8.68. The number of ketones is 1. The van der Waals surface area contributed by atoms with E-state index in [1.54, 1.807) is 0 Å². The molecule has 0 aliphatic carbocycles. The summed E-state index contributed by atoms with van der Waals surface area (Å²) in [6.07, 6.45) is 1.25. The van der Waals surface area contributed by atoms with E-state index in [0.717, 1.165) is 0 Å². The van der Waals surface area contributed by atoms with Crippen LogP contribution < -0.4 is 11.5 Å². The van der Waals surface area contributed by atoms with E-state index in [1.807, 2.05) is 6.07 Å². The molecule has 0 fully saturated rings. The molecule has 0 bridgehead atoms. The van der Waals surface area contributed by atoms with Crippen LogP contribution in [-0.2, 0) is 4.79 Å². The van der Waals surface area contributed by atoms with Gasteiger partial charge in [-0.3, -0.25) is 9.59 Å². The lowest BCUT2D eigenvalue weighted by Crippen LogP contribution is -2.21. The molecule has 5 heteroatoms. The molecule has 4 N–H and O–H groups in total. The van der Waals surface area contributed by atoms with Crippen molar-refractivity contribution in [3.05, 3.63) is 41.5 Å². The fraction of sp³-hybridized carbons (Fsp3) is 0.214. The summed E-state index contributed by atoms with van der Waals surface area (Å²) in [5, 5.41) is 8.81. The van der Waals surface area contributed by atoms with E-state index in [1.165, 1.54) is 24.6 Å². The van der Waals surface area contributed by atoms with E-state index in [2.05, 4.69) is 20.4 Å². The summed E-state index contributed by atoms with van der Waals surface area (Å²) in [5.74, 6) is -1.65. The van der Waals surface area contributed by atoms with Crippen molar-refractivity contribution in [3.63, 3.8) is 0 Å². The van der Waals surface area contributed by atoms with Crippen molar-refractivity contribution in [1.29, 1.82) is 5.26 Å². The third-order valence-electron chi connectivity index (χ3n) is 2.02.